The number of para-hydroxylation sites is 1. The Balaban J connectivity index is 1.98. The number of hydrogen-bond acceptors (Lipinski definition) is 4. The molecule has 0 heterocycles. The van der Waals surface area contributed by atoms with E-state index in [-0.39, 0.29) is 5.75 Å². The van der Waals surface area contributed by atoms with Crippen molar-refractivity contribution < 1.29 is 8.42 Å². The Labute approximate surface area is 115 Å². The summed E-state index contributed by atoms with van der Waals surface area (Å²) in [5.41, 5.74) is 0.716. The van der Waals surface area contributed by atoms with Crippen LogP contribution in [-0.2, 0) is 9.84 Å². The lowest BCUT2D eigenvalue weighted by Gasteiger charge is -2.12. The van der Waals surface area contributed by atoms with E-state index in [2.05, 4.69) is 10.6 Å². The van der Waals surface area contributed by atoms with Crippen molar-refractivity contribution in [3.63, 3.8) is 0 Å². The quantitative estimate of drug-likeness (QED) is 0.716. The van der Waals surface area contributed by atoms with Gasteiger partial charge in [-0.25, -0.2) is 8.42 Å². The highest BCUT2D eigenvalue weighted by molar-refractivity contribution is 7.91. The van der Waals surface area contributed by atoms with Gasteiger partial charge in [0, 0.05) is 19.1 Å². The highest BCUT2D eigenvalue weighted by Crippen LogP contribution is 2.22. The average molecular weight is 282 g/mol. The Morgan fingerprint density at radius 1 is 1.21 bits per heavy atom. The molecule has 2 N–H and O–H groups in total. The summed E-state index contributed by atoms with van der Waals surface area (Å²) in [6.07, 6.45) is 3.17. The van der Waals surface area contributed by atoms with Gasteiger partial charge >= 0.3 is 0 Å². The molecule has 106 valence electrons. The molecule has 1 saturated carbocycles. The van der Waals surface area contributed by atoms with Crippen LogP contribution in [0.5, 0.6) is 0 Å². The molecule has 1 aliphatic rings. The van der Waals surface area contributed by atoms with Gasteiger partial charge in [-0.05, 0) is 31.4 Å². The third kappa shape index (κ3) is 4.21. The number of sulfone groups is 1. The number of nitrogens with one attached hydrogen (secondary N) is 2. The number of anilines is 1. The first kappa shape index (κ1) is 14.3. The van der Waals surface area contributed by atoms with E-state index >= 15 is 0 Å². The van der Waals surface area contributed by atoms with Crippen molar-refractivity contribution in [3.8, 4) is 0 Å². The molecule has 0 atom stereocenters. The van der Waals surface area contributed by atoms with Crippen LogP contribution in [-0.4, -0.2) is 33.3 Å². The Hall–Kier alpha value is -1.07. The monoisotopic (exact) mass is 282 g/mol. The van der Waals surface area contributed by atoms with E-state index in [1.54, 1.807) is 12.1 Å². The standard InChI is InChI=1S/C14H22N2O2S/c1-2-11-19(17,18)14-6-4-3-5-13(14)16-10-9-15-12-7-8-12/h3-6,12,15-16H,2,7-11H2,1H3. The molecule has 0 radical (unpaired) electrons. The number of hydrogen-bond donors (Lipinski definition) is 2. The molecular formula is C14H22N2O2S. The second kappa shape index (κ2) is 6.39. The molecule has 5 heteroatoms. The number of benzene rings is 1. The fourth-order valence-electron chi connectivity index (χ4n) is 2.02. The lowest BCUT2D eigenvalue weighted by molar-refractivity contribution is 0.595. The molecule has 2 rings (SSSR count). The minimum absolute atomic E-state index is 0.200. The molecular weight excluding hydrogens is 260 g/mol. The highest BCUT2D eigenvalue weighted by Gasteiger charge is 2.20. The van der Waals surface area contributed by atoms with E-state index < -0.39 is 9.84 Å². The summed E-state index contributed by atoms with van der Waals surface area (Å²) in [4.78, 5) is 0.420. The van der Waals surface area contributed by atoms with Gasteiger partial charge in [0.1, 0.15) is 0 Å². The SMILES string of the molecule is CCCS(=O)(=O)c1ccccc1NCCNC1CC1. The summed E-state index contributed by atoms with van der Waals surface area (Å²) in [5.74, 6) is 0.200. The van der Waals surface area contributed by atoms with Gasteiger partial charge in [-0.2, -0.15) is 0 Å². The van der Waals surface area contributed by atoms with Gasteiger partial charge in [-0.1, -0.05) is 19.1 Å². The fraction of sp³-hybridized carbons (Fsp3) is 0.571. The topological polar surface area (TPSA) is 58.2 Å². The van der Waals surface area contributed by atoms with Crippen LogP contribution in [0.25, 0.3) is 0 Å². The van der Waals surface area contributed by atoms with Crippen LogP contribution >= 0.6 is 0 Å². The predicted molar refractivity (Wildman–Crippen MR) is 78.3 cm³/mol. The molecule has 0 bridgehead atoms. The van der Waals surface area contributed by atoms with E-state index in [0.717, 1.165) is 13.1 Å². The van der Waals surface area contributed by atoms with Crippen molar-refractivity contribution in [2.24, 2.45) is 0 Å². The van der Waals surface area contributed by atoms with Gasteiger partial charge in [-0.3, -0.25) is 0 Å². The van der Waals surface area contributed by atoms with E-state index in [1.165, 1.54) is 12.8 Å². The smallest absolute Gasteiger partial charge is 0.180 e. The molecule has 0 aliphatic heterocycles. The van der Waals surface area contributed by atoms with Gasteiger partial charge in [0.2, 0.25) is 0 Å². The predicted octanol–water partition coefficient (Wildman–Crippen LogP) is 2.03. The first-order chi connectivity index (χ1) is 9.13. The fourth-order valence-corrected chi connectivity index (χ4v) is 3.54. The van der Waals surface area contributed by atoms with E-state index in [1.807, 2.05) is 19.1 Å². The molecule has 1 aromatic carbocycles. The summed E-state index contributed by atoms with van der Waals surface area (Å²) in [6.45, 7) is 3.50. The largest absolute Gasteiger partial charge is 0.383 e. The summed E-state index contributed by atoms with van der Waals surface area (Å²) < 4.78 is 24.3. The van der Waals surface area contributed by atoms with Crippen LogP contribution in [0, 0.1) is 0 Å². The molecule has 1 aliphatic carbocycles. The van der Waals surface area contributed by atoms with Gasteiger partial charge in [0.05, 0.1) is 16.3 Å². The van der Waals surface area contributed by atoms with Crippen molar-refractivity contribution >= 4 is 15.5 Å². The van der Waals surface area contributed by atoms with Crippen LogP contribution in [0.4, 0.5) is 5.69 Å². The zero-order valence-corrected chi connectivity index (χ0v) is 12.2. The van der Waals surface area contributed by atoms with Crippen LogP contribution in [0.1, 0.15) is 26.2 Å². The summed E-state index contributed by atoms with van der Waals surface area (Å²) in [5, 5.41) is 6.62. The Morgan fingerprint density at radius 2 is 1.95 bits per heavy atom. The van der Waals surface area contributed by atoms with Gasteiger partial charge in [0.25, 0.3) is 0 Å². The third-order valence-corrected chi connectivity index (χ3v) is 5.12. The molecule has 0 amide bonds. The first-order valence-corrected chi connectivity index (χ1v) is 8.58. The van der Waals surface area contributed by atoms with Crippen LogP contribution in [0.15, 0.2) is 29.2 Å². The third-order valence-electron chi connectivity index (χ3n) is 3.15. The lowest BCUT2D eigenvalue weighted by Crippen LogP contribution is -2.24. The van der Waals surface area contributed by atoms with Crippen molar-refractivity contribution in [2.45, 2.75) is 37.1 Å². The second-order valence-corrected chi connectivity index (χ2v) is 7.05. The Morgan fingerprint density at radius 3 is 2.63 bits per heavy atom. The summed E-state index contributed by atoms with van der Waals surface area (Å²) in [7, 11) is -3.17. The zero-order valence-electron chi connectivity index (χ0n) is 11.4. The minimum Gasteiger partial charge on any atom is -0.383 e. The maximum Gasteiger partial charge on any atom is 0.180 e. The van der Waals surface area contributed by atoms with Crippen molar-refractivity contribution in [3.05, 3.63) is 24.3 Å². The molecule has 0 spiro atoms. The van der Waals surface area contributed by atoms with E-state index in [9.17, 15) is 8.42 Å². The molecule has 1 fully saturated rings. The van der Waals surface area contributed by atoms with E-state index in [0.29, 0.717) is 23.0 Å². The summed E-state index contributed by atoms with van der Waals surface area (Å²) >= 11 is 0. The zero-order chi connectivity index (χ0) is 13.7. The first-order valence-electron chi connectivity index (χ1n) is 6.92. The summed E-state index contributed by atoms with van der Waals surface area (Å²) in [6, 6.07) is 7.83. The number of rotatable bonds is 8. The second-order valence-electron chi connectivity index (χ2n) is 4.97. The Kier molecular flexibility index (Phi) is 4.82. The minimum atomic E-state index is -3.17. The molecule has 0 aromatic heterocycles. The van der Waals surface area contributed by atoms with Crippen LogP contribution in [0.2, 0.25) is 0 Å². The lowest BCUT2D eigenvalue weighted by atomic mass is 10.3. The van der Waals surface area contributed by atoms with Gasteiger partial charge in [0.15, 0.2) is 9.84 Å². The molecule has 0 unspecified atom stereocenters. The van der Waals surface area contributed by atoms with Crippen molar-refractivity contribution in [1.29, 1.82) is 0 Å². The highest BCUT2D eigenvalue weighted by atomic mass is 32.2. The van der Waals surface area contributed by atoms with Gasteiger partial charge < -0.3 is 10.6 Å². The maximum atomic E-state index is 12.1. The molecule has 19 heavy (non-hydrogen) atoms. The van der Waals surface area contributed by atoms with Crippen molar-refractivity contribution in [1.82, 2.24) is 5.32 Å². The maximum absolute atomic E-state index is 12.1. The van der Waals surface area contributed by atoms with Crippen molar-refractivity contribution in [2.75, 3.05) is 24.2 Å². The molecule has 1 aromatic rings. The van der Waals surface area contributed by atoms with Crippen LogP contribution in [0.3, 0.4) is 0 Å². The molecule has 4 nitrogen and oxygen atoms in total. The average Bonchev–Trinajstić information content (AvgIpc) is 3.19. The Bertz CT molecular complexity index is 510. The normalized spacial score (nSPS) is 15.4. The van der Waals surface area contributed by atoms with E-state index in [4.69, 9.17) is 0 Å². The van der Waals surface area contributed by atoms with Gasteiger partial charge in [-0.15, -0.1) is 0 Å². The molecule has 0 saturated heterocycles. The van der Waals surface area contributed by atoms with Crippen LogP contribution < -0.4 is 10.6 Å².